The SMILES string of the molecule is Cc1ncsc1-c1ccc(C(CC(C)C)NC(=O)C2CCCN2C(=O)C(NC(=O)O)C(C)(C)C)cc1. The van der Waals surface area contributed by atoms with Gasteiger partial charge in [0.25, 0.3) is 0 Å². The van der Waals surface area contributed by atoms with E-state index >= 15 is 0 Å². The number of aryl methyl sites for hydroxylation is 1. The summed E-state index contributed by atoms with van der Waals surface area (Å²) in [5, 5.41) is 14.8. The summed E-state index contributed by atoms with van der Waals surface area (Å²) in [5.41, 5.74) is 4.32. The van der Waals surface area contributed by atoms with Gasteiger partial charge in [-0.15, -0.1) is 11.3 Å². The molecule has 0 radical (unpaired) electrons. The fraction of sp³-hybridized carbons (Fsp3) is 0.556. The second-order valence-corrected chi connectivity index (χ2v) is 11.9. The lowest BCUT2D eigenvalue weighted by Crippen LogP contribution is -2.57. The van der Waals surface area contributed by atoms with Crippen molar-refractivity contribution in [3.05, 3.63) is 41.0 Å². The van der Waals surface area contributed by atoms with Crippen molar-refractivity contribution in [2.24, 2.45) is 11.3 Å². The number of carbonyl (C=O) groups is 3. The van der Waals surface area contributed by atoms with Gasteiger partial charge in [-0.2, -0.15) is 0 Å². The van der Waals surface area contributed by atoms with Crippen LogP contribution in [0.5, 0.6) is 0 Å². The molecule has 0 bridgehead atoms. The number of hydrogen-bond acceptors (Lipinski definition) is 5. The Morgan fingerprint density at radius 2 is 1.83 bits per heavy atom. The number of benzene rings is 1. The van der Waals surface area contributed by atoms with Crippen LogP contribution in [0.1, 0.15) is 71.2 Å². The number of likely N-dealkylation sites (tertiary alicyclic amines) is 1. The molecule has 1 aliphatic heterocycles. The summed E-state index contributed by atoms with van der Waals surface area (Å²) < 4.78 is 0. The molecular weight excluding hydrogens is 476 g/mol. The first-order chi connectivity index (χ1) is 16.9. The van der Waals surface area contributed by atoms with Crippen molar-refractivity contribution in [2.45, 2.75) is 78.9 Å². The Kier molecular flexibility index (Phi) is 8.76. The van der Waals surface area contributed by atoms with Crippen LogP contribution in [0.2, 0.25) is 0 Å². The van der Waals surface area contributed by atoms with Crippen molar-refractivity contribution in [1.82, 2.24) is 20.5 Å². The monoisotopic (exact) mass is 514 g/mol. The summed E-state index contributed by atoms with van der Waals surface area (Å²) in [5.74, 6) is -0.200. The van der Waals surface area contributed by atoms with E-state index in [0.29, 0.717) is 25.3 Å². The van der Waals surface area contributed by atoms with E-state index in [-0.39, 0.29) is 17.9 Å². The number of carboxylic acid groups (broad SMARTS) is 1. The van der Waals surface area contributed by atoms with Gasteiger partial charge in [-0.05, 0) is 48.6 Å². The number of nitrogens with one attached hydrogen (secondary N) is 2. The quantitative estimate of drug-likeness (QED) is 0.459. The minimum Gasteiger partial charge on any atom is -0.465 e. The van der Waals surface area contributed by atoms with E-state index in [0.717, 1.165) is 28.1 Å². The second-order valence-electron chi connectivity index (χ2n) is 11.0. The molecule has 1 aromatic heterocycles. The van der Waals surface area contributed by atoms with Crippen LogP contribution in [0, 0.1) is 18.3 Å². The number of carbonyl (C=O) groups excluding carboxylic acids is 2. The molecule has 3 N–H and O–H groups in total. The first kappa shape index (κ1) is 27.6. The number of amides is 3. The minimum absolute atomic E-state index is 0.192. The van der Waals surface area contributed by atoms with Crippen LogP contribution in [-0.2, 0) is 9.59 Å². The fourth-order valence-electron chi connectivity index (χ4n) is 4.70. The van der Waals surface area contributed by atoms with Gasteiger partial charge in [-0.1, -0.05) is 58.9 Å². The number of aromatic nitrogens is 1. The summed E-state index contributed by atoms with van der Waals surface area (Å²) in [6.45, 7) is 12.1. The lowest BCUT2D eigenvalue weighted by molar-refractivity contribution is -0.142. The molecule has 9 heteroatoms. The highest BCUT2D eigenvalue weighted by Crippen LogP contribution is 2.31. The van der Waals surface area contributed by atoms with E-state index in [1.54, 1.807) is 16.2 Å². The highest BCUT2D eigenvalue weighted by Gasteiger charge is 2.42. The van der Waals surface area contributed by atoms with Gasteiger partial charge in [0.15, 0.2) is 0 Å². The van der Waals surface area contributed by atoms with Crippen molar-refractivity contribution in [3.63, 3.8) is 0 Å². The lowest BCUT2D eigenvalue weighted by Gasteiger charge is -2.35. The zero-order valence-corrected chi connectivity index (χ0v) is 22.8. The number of hydrogen-bond donors (Lipinski definition) is 3. The van der Waals surface area contributed by atoms with Gasteiger partial charge in [0.05, 0.1) is 22.1 Å². The predicted molar refractivity (Wildman–Crippen MR) is 142 cm³/mol. The molecule has 36 heavy (non-hydrogen) atoms. The normalized spacial score (nSPS) is 17.6. The van der Waals surface area contributed by atoms with Gasteiger partial charge in [-0.25, -0.2) is 9.78 Å². The third-order valence-corrected chi connectivity index (χ3v) is 7.54. The number of thiazole rings is 1. The van der Waals surface area contributed by atoms with Crippen LogP contribution in [-0.4, -0.2) is 51.5 Å². The molecule has 1 saturated heterocycles. The molecular formula is C27H38N4O4S. The predicted octanol–water partition coefficient (Wildman–Crippen LogP) is 5.00. The molecule has 0 saturated carbocycles. The van der Waals surface area contributed by atoms with Crippen LogP contribution >= 0.6 is 11.3 Å². The Balaban J connectivity index is 1.78. The standard InChI is InChI=1S/C27H38N4O4S/c1-16(2)14-20(18-9-11-19(12-10-18)22-17(3)28-15-36-22)29-24(32)21-8-7-13-31(21)25(33)23(27(4,5)6)30-26(34)35/h9-12,15-16,20-21,23,30H,7-8,13-14H2,1-6H3,(H,29,32)(H,34,35). The Bertz CT molecular complexity index is 1070. The molecule has 3 rings (SSSR count). The second kappa shape index (κ2) is 11.4. The van der Waals surface area contributed by atoms with Gasteiger partial charge >= 0.3 is 6.09 Å². The van der Waals surface area contributed by atoms with E-state index in [1.807, 2.05) is 45.3 Å². The smallest absolute Gasteiger partial charge is 0.405 e. The Labute approximate surface area is 217 Å². The van der Waals surface area contributed by atoms with Crippen LogP contribution in [0.3, 0.4) is 0 Å². The van der Waals surface area contributed by atoms with Crippen molar-refractivity contribution in [2.75, 3.05) is 6.54 Å². The van der Waals surface area contributed by atoms with E-state index in [2.05, 4.69) is 41.6 Å². The highest BCUT2D eigenvalue weighted by atomic mass is 32.1. The summed E-state index contributed by atoms with van der Waals surface area (Å²) >= 11 is 1.61. The Morgan fingerprint density at radius 3 is 2.36 bits per heavy atom. The average Bonchev–Trinajstić information content (AvgIpc) is 3.45. The van der Waals surface area contributed by atoms with Gasteiger partial charge in [0.2, 0.25) is 11.8 Å². The zero-order valence-electron chi connectivity index (χ0n) is 22.0. The summed E-state index contributed by atoms with van der Waals surface area (Å²) in [6, 6.07) is 6.47. The maximum Gasteiger partial charge on any atom is 0.405 e. The molecule has 1 aliphatic rings. The molecule has 0 spiro atoms. The third kappa shape index (κ3) is 6.63. The molecule has 0 aliphatic carbocycles. The highest BCUT2D eigenvalue weighted by molar-refractivity contribution is 7.13. The molecule has 3 atom stereocenters. The fourth-order valence-corrected chi connectivity index (χ4v) is 5.52. The number of nitrogens with zero attached hydrogens (tertiary/aromatic N) is 2. The first-order valence-corrected chi connectivity index (χ1v) is 13.4. The first-order valence-electron chi connectivity index (χ1n) is 12.5. The molecule has 196 valence electrons. The molecule has 2 aromatic rings. The van der Waals surface area contributed by atoms with Crippen molar-refractivity contribution >= 4 is 29.2 Å². The molecule has 2 heterocycles. The van der Waals surface area contributed by atoms with Crippen LogP contribution < -0.4 is 10.6 Å². The molecule has 3 unspecified atom stereocenters. The maximum atomic E-state index is 13.5. The van der Waals surface area contributed by atoms with E-state index in [9.17, 15) is 19.5 Å². The third-order valence-electron chi connectivity index (χ3n) is 6.56. The van der Waals surface area contributed by atoms with Crippen LogP contribution in [0.15, 0.2) is 29.8 Å². The topological polar surface area (TPSA) is 112 Å². The van der Waals surface area contributed by atoms with Gasteiger partial charge in [0.1, 0.15) is 12.1 Å². The lowest BCUT2D eigenvalue weighted by atomic mass is 9.85. The Morgan fingerprint density at radius 1 is 1.17 bits per heavy atom. The average molecular weight is 515 g/mol. The van der Waals surface area contributed by atoms with E-state index in [1.165, 1.54) is 0 Å². The van der Waals surface area contributed by atoms with Crippen molar-refractivity contribution < 1.29 is 19.5 Å². The maximum absolute atomic E-state index is 13.5. The van der Waals surface area contributed by atoms with Gasteiger partial charge in [-0.3, -0.25) is 9.59 Å². The molecule has 8 nitrogen and oxygen atoms in total. The summed E-state index contributed by atoms with van der Waals surface area (Å²) in [7, 11) is 0. The van der Waals surface area contributed by atoms with Gasteiger partial charge < -0.3 is 20.6 Å². The molecule has 1 aromatic carbocycles. The minimum atomic E-state index is -1.25. The Hall–Kier alpha value is -2.94. The number of rotatable bonds is 8. The molecule has 1 fully saturated rings. The summed E-state index contributed by atoms with van der Waals surface area (Å²) in [4.78, 5) is 45.2. The zero-order chi connectivity index (χ0) is 26.6. The van der Waals surface area contributed by atoms with E-state index < -0.39 is 23.6 Å². The van der Waals surface area contributed by atoms with E-state index in [4.69, 9.17) is 0 Å². The van der Waals surface area contributed by atoms with Crippen molar-refractivity contribution in [1.29, 1.82) is 0 Å². The molecule has 3 amide bonds. The summed E-state index contributed by atoms with van der Waals surface area (Å²) in [6.07, 6.45) is 0.763. The van der Waals surface area contributed by atoms with Crippen LogP contribution in [0.25, 0.3) is 10.4 Å². The van der Waals surface area contributed by atoms with Gasteiger partial charge in [0, 0.05) is 6.54 Å². The van der Waals surface area contributed by atoms with Crippen LogP contribution in [0.4, 0.5) is 4.79 Å². The van der Waals surface area contributed by atoms with Crippen molar-refractivity contribution in [3.8, 4) is 10.4 Å². The largest absolute Gasteiger partial charge is 0.465 e.